The molecule has 0 radical (unpaired) electrons. The number of hydrogen-bond donors (Lipinski definition) is 2. The van der Waals surface area contributed by atoms with E-state index in [9.17, 15) is 9.59 Å². The average molecular weight is 355 g/mol. The van der Waals surface area contributed by atoms with Crippen LogP contribution in [0.25, 0.3) is 5.69 Å². The molecule has 2 heterocycles. The first kappa shape index (κ1) is 17.5. The van der Waals surface area contributed by atoms with Crippen LogP contribution in [0.15, 0.2) is 45.7 Å². The van der Waals surface area contributed by atoms with Gasteiger partial charge in [-0.3, -0.25) is 14.3 Å². The predicted molar refractivity (Wildman–Crippen MR) is 98.7 cm³/mol. The Balaban J connectivity index is 1.84. The van der Waals surface area contributed by atoms with Crippen LogP contribution in [-0.4, -0.2) is 26.5 Å². The fourth-order valence-electron chi connectivity index (χ4n) is 2.68. The lowest BCUT2D eigenvalue weighted by atomic mass is 10.2. The van der Waals surface area contributed by atoms with Gasteiger partial charge in [0.2, 0.25) is 5.91 Å². The number of amides is 1. The van der Waals surface area contributed by atoms with Gasteiger partial charge in [0, 0.05) is 13.1 Å². The van der Waals surface area contributed by atoms with Gasteiger partial charge in [-0.2, -0.15) is 0 Å². The van der Waals surface area contributed by atoms with E-state index in [1.54, 1.807) is 36.3 Å². The van der Waals surface area contributed by atoms with Gasteiger partial charge in [0.1, 0.15) is 17.5 Å². The monoisotopic (exact) mass is 355 g/mol. The smallest absolute Gasteiger partial charge is 0.295 e. The highest BCUT2D eigenvalue weighted by Crippen LogP contribution is 2.15. The quantitative estimate of drug-likeness (QED) is 0.732. The third kappa shape index (κ3) is 3.26. The second-order valence-electron chi connectivity index (χ2n) is 6.11. The minimum atomic E-state index is -0.634. The summed E-state index contributed by atoms with van der Waals surface area (Å²) in [5, 5.41) is 9.40. The van der Waals surface area contributed by atoms with Crippen LogP contribution in [0.3, 0.4) is 0 Å². The highest BCUT2D eigenvalue weighted by atomic mass is 16.5. The molecule has 3 rings (SSSR count). The molecule has 2 aromatic heterocycles. The largest absolute Gasteiger partial charge is 0.368 e. The number of nitrogens with zero attached hydrogens (tertiary/aromatic N) is 3. The van der Waals surface area contributed by atoms with E-state index >= 15 is 0 Å². The molecule has 1 atom stereocenters. The average Bonchev–Trinajstić information content (AvgIpc) is 3.12. The van der Waals surface area contributed by atoms with Crippen LogP contribution in [0, 0.1) is 13.8 Å². The van der Waals surface area contributed by atoms with Crippen molar-refractivity contribution in [2.75, 3.05) is 10.6 Å². The maximum atomic E-state index is 12.9. The van der Waals surface area contributed by atoms with Gasteiger partial charge in [-0.05, 0) is 32.9 Å². The maximum Gasteiger partial charge on any atom is 0.295 e. The highest BCUT2D eigenvalue weighted by molar-refractivity contribution is 5.95. The summed E-state index contributed by atoms with van der Waals surface area (Å²) in [7, 11) is 1.80. The Morgan fingerprint density at radius 1 is 1.23 bits per heavy atom. The van der Waals surface area contributed by atoms with Crippen molar-refractivity contribution in [1.29, 1.82) is 0 Å². The van der Waals surface area contributed by atoms with Crippen molar-refractivity contribution in [2.45, 2.75) is 26.8 Å². The zero-order valence-corrected chi connectivity index (χ0v) is 15.1. The van der Waals surface area contributed by atoms with Crippen molar-refractivity contribution in [1.82, 2.24) is 14.5 Å². The Morgan fingerprint density at radius 2 is 1.92 bits per heavy atom. The number of hydrogen-bond acceptors (Lipinski definition) is 5. The number of aryl methyl sites for hydroxylation is 1. The number of para-hydroxylation sites is 1. The molecule has 0 aliphatic rings. The van der Waals surface area contributed by atoms with E-state index in [4.69, 9.17) is 4.52 Å². The summed E-state index contributed by atoms with van der Waals surface area (Å²) in [6.07, 6.45) is 0. The topological polar surface area (TPSA) is 94.1 Å². The molecule has 0 aliphatic carbocycles. The van der Waals surface area contributed by atoms with Crippen LogP contribution in [-0.2, 0) is 11.8 Å². The molecule has 0 aliphatic heterocycles. The minimum absolute atomic E-state index is 0.215. The number of rotatable bonds is 5. The van der Waals surface area contributed by atoms with Crippen molar-refractivity contribution in [2.24, 2.45) is 7.05 Å². The molecular weight excluding hydrogens is 334 g/mol. The van der Waals surface area contributed by atoms with E-state index in [0.717, 1.165) is 11.4 Å². The lowest BCUT2D eigenvalue weighted by molar-refractivity contribution is -0.116. The van der Waals surface area contributed by atoms with Crippen molar-refractivity contribution < 1.29 is 9.32 Å². The first-order valence-corrected chi connectivity index (χ1v) is 8.23. The summed E-state index contributed by atoms with van der Waals surface area (Å²) in [4.78, 5) is 25.2. The fourth-order valence-corrected chi connectivity index (χ4v) is 2.68. The number of aromatic nitrogens is 3. The molecule has 26 heavy (non-hydrogen) atoms. The summed E-state index contributed by atoms with van der Waals surface area (Å²) >= 11 is 0. The van der Waals surface area contributed by atoms with E-state index in [1.165, 1.54) is 0 Å². The van der Waals surface area contributed by atoms with Crippen LogP contribution in [0.1, 0.15) is 18.4 Å². The molecular formula is C18H21N5O3. The summed E-state index contributed by atoms with van der Waals surface area (Å²) < 4.78 is 8.24. The summed E-state index contributed by atoms with van der Waals surface area (Å²) in [5.74, 6) is 0.630. The molecule has 1 unspecified atom stereocenters. The number of nitrogens with one attached hydrogen (secondary N) is 2. The van der Waals surface area contributed by atoms with Crippen LogP contribution >= 0.6 is 0 Å². The fraction of sp³-hybridized carbons (Fsp3) is 0.278. The lowest BCUT2D eigenvalue weighted by Crippen LogP contribution is -2.34. The number of anilines is 2. The first-order valence-electron chi connectivity index (χ1n) is 8.23. The van der Waals surface area contributed by atoms with Gasteiger partial charge in [-0.25, -0.2) is 4.68 Å². The normalized spacial score (nSPS) is 12.0. The van der Waals surface area contributed by atoms with Crippen LogP contribution < -0.4 is 16.2 Å². The molecule has 3 aromatic rings. The van der Waals surface area contributed by atoms with Crippen LogP contribution in [0.2, 0.25) is 0 Å². The van der Waals surface area contributed by atoms with Crippen molar-refractivity contribution in [3.05, 3.63) is 58.2 Å². The first-order chi connectivity index (χ1) is 12.4. The maximum absolute atomic E-state index is 12.9. The number of benzene rings is 1. The standard InChI is InChI=1S/C18H21N5O3/c1-11-10-15(21-26-11)20-17(24)12(2)19-16-13(3)22(4)23(18(16)25)14-8-6-5-7-9-14/h5-10,12,19H,1-4H3,(H,20,21,24). The molecule has 1 aromatic carbocycles. The Bertz CT molecular complexity index is 984. The second-order valence-corrected chi connectivity index (χ2v) is 6.11. The van der Waals surface area contributed by atoms with E-state index in [2.05, 4.69) is 15.8 Å². The summed E-state index contributed by atoms with van der Waals surface area (Å²) in [5.41, 5.74) is 1.66. The Hall–Kier alpha value is -3.29. The van der Waals surface area contributed by atoms with Gasteiger partial charge in [0.15, 0.2) is 5.82 Å². The van der Waals surface area contributed by atoms with E-state index < -0.39 is 6.04 Å². The van der Waals surface area contributed by atoms with E-state index in [1.807, 2.05) is 37.3 Å². The Morgan fingerprint density at radius 3 is 2.54 bits per heavy atom. The van der Waals surface area contributed by atoms with Crippen molar-refractivity contribution in [3.63, 3.8) is 0 Å². The van der Waals surface area contributed by atoms with Gasteiger partial charge in [0.25, 0.3) is 5.56 Å². The molecule has 0 bridgehead atoms. The van der Waals surface area contributed by atoms with Crippen molar-refractivity contribution in [3.8, 4) is 5.69 Å². The molecule has 2 N–H and O–H groups in total. The zero-order valence-electron chi connectivity index (χ0n) is 15.1. The molecule has 0 saturated heterocycles. The van der Waals surface area contributed by atoms with Crippen LogP contribution in [0.5, 0.6) is 0 Å². The minimum Gasteiger partial charge on any atom is -0.368 e. The van der Waals surface area contributed by atoms with Gasteiger partial charge in [-0.15, -0.1) is 0 Å². The molecule has 8 heteroatoms. The van der Waals surface area contributed by atoms with E-state index in [0.29, 0.717) is 17.3 Å². The molecule has 0 spiro atoms. The van der Waals surface area contributed by atoms with Crippen molar-refractivity contribution >= 4 is 17.4 Å². The third-order valence-corrected chi connectivity index (χ3v) is 4.19. The number of carbonyl (C=O) groups excluding carboxylic acids is 1. The Kier molecular flexibility index (Phi) is 4.66. The summed E-state index contributed by atoms with van der Waals surface area (Å²) in [6.45, 7) is 5.25. The molecule has 136 valence electrons. The SMILES string of the molecule is Cc1cc(NC(=O)C(C)Nc2c(C)n(C)n(-c3ccccc3)c2=O)no1. The van der Waals surface area contributed by atoms with Gasteiger partial charge in [0.05, 0.1) is 11.4 Å². The molecule has 8 nitrogen and oxygen atoms in total. The molecule has 1 amide bonds. The predicted octanol–water partition coefficient (Wildman–Crippen LogP) is 2.22. The second kappa shape index (κ2) is 6.91. The molecule has 0 saturated carbocycles. The summed E-state index contributed by atoms with van der Waals surface area (Å²) in [6, 6.07) is 10.3. The van der Waals surface area contributed by atoms with Gasteiger partial charge >= 0.3 is 0 Å². The lowest BCUT2D eigenvalue weighted by Gasteiger charge is -2.13. The number of carbonyl (C=O) groups is 1. The van der Waals surface area contributed by atoms with Crippen LogP contribution in [0.4, 0.5) is 11.5 Å². The third-order valence-electron chi connectivity index (χ3n) is 4.19. The zero-order chi connectivity index (χ0) is 18.8. The van der Waals surface area contributed by atoms with Gasteiger partial charge < -0.3 is 15.2 Å². The van der Waals surface area contributed by atoms with E-state index in [-0.39, 0.29) is 11.5 Å². The molecule has 0 fully saturated rings. The highest BCUT2D eigenvalue weighted by Gasteiger charge is 2.21. The Labute approximate surface area is 150 Å². The van der Waals surface area contributed by atoms with Gasteiger partial charge in [-0.1, -0.05) is 23.4 Å².